The number of hydrogen-bond donors (Lipinski definition) is 0. The first-order chi connectivity index (χ1) is 7.16. The summed E-state index contributed by atoms with van der Waals surface area (Å²) in [6, 6.07) is 0.970. The van der Waals surface area contributed by atoms with E-state index >= 15 is 0 Å². The second-order valence-corrected chi connectivity index (χ2v) is 11.1. The molecule has 0 atom stereocenters. The molecule has 0 aromatic heterocycles. The van der Waals surface area contributed by atoms with Gasteiger partial charge in [-0.15, -0.1) is 6.42 Å². The Morgan fingerprint density at radius 1 is 1.38 bits per heavy atom. The van der Waals surface area contributed by atoms with Crippen molar-refractivity contribution in [3.8, 4) is 12.3 Å². The highest BCUT2D eigenvalue weighted by atomic mass is 28.3. The third-order valence-corrected chi connectivity index (χ3v) is 3.72. The third-order valence-electron chi connectivity index (χ3n) is 2.01. The zero-order valence-corrected chi connectivity index (χ0v) is 11.9. The van der Waals surface area contributed by atoms with Crippen LogP contribution >= 0.6 is 0 Å². The van der Waals surface area contributed by atoms with E-state index in [2.05, 4.69) is 25.6 Å². The van der Waals surface area contributed by atoms with Crippen molar-refractivity contribution < 1.29 is 14.3 Å². The van der Waals surface area contributed by atoms with Gasteiger partial charge in [-0.25, -0.2) is 4.79 Å². The summed E-state index contributed by atoms with van der Waals surface area (Å²) in [5.74, 6) is 2.11. The highest BCUT2D eigenvalue weighted by Crippen LogP contribution is 2.09. The minimum absolute atomic E-state index is 0.0805. The summed E-state index contributed by atoms with van der Waals surface area (Å²) in [5.41, 5.74) is -0.711. The van der Waals surface area contributed by atoms with E-state index in [4.69, 9.17) is 15.9 Å². The Hall–Kier alpha value is -0.793. The number of esters is 1. The van der Waals surface area contributed by atoms with Crippen molar-refractivity contribution in [3.63, 3.8) is 0 Å². The Labute approximate surface area is 99.5 Å². The van der Waals surface area contributed by atoms with Crippen molar-refractivity contribution in [1.82, 2.24) is 0 Å². The maximum Gasteiger partial charge on any atom is 0.332 e. The number of hydrogen-bond acceptors (Lipinski definition) is 3. The second kappa shape index (κ2) is 6.07. The first kappa shape index (κ1) is 15.2. The SMILES string of the molecule is C#CC(C)(C)OCC(=O)OCC[Si](C)(C)C. The van der Waals surface area contributed by atoms with Crippen LogP contribution in [0.2, 0.25) is 25.7 Å². The Kier molecular flexibility index (Phi) is 5.77. The lowest BCUT2D eigenvalue weighted by Crippen LogP contribution is -2.28. The standard InChI is InChI=1S/C12H22O3Si/c1-7-12(2,3)15-10-11(13)14-8-9-16(4,5)6/h1H,8-10H2,2-6H3. The molecule has 0 rings (SSSR count). The average Bonchev–Trinajstić information content (AvgIpc) is 2.13. The summed E-state index contributed by atoms with van der Waals surface area (Å²) in [6.07, 6.45) is 5.23. The predicted molar refractivity (Wildman–Crippen MR) is 68.0 cm³/mol. The van der Waals surface area contributed by atoms with Crippen molar-refractivity contribution in [1.29, 1.82) is 0 Å². The van der Waals surface area contributed by atoms with Crippen LogP contribution in [-0.2, 0) is 14.3 Å². The lowest BCUT2D eigenvalue weighted by molar-refractivity contribution is -0.151. The van der Waals surface area contributed by atoms with Crippen LogP contribution in [0, 0.1) is 12.3 Å². The molecule has 0 radical (unpaired) electrons. The van der Waals surface area contributed by atoms with Crippen LogP contribution < -0.4 is 0 Å². The van der Waals surface area contributed by atoms with Crippen LogP contribution in [-0.4, -0.2) is 32.9 Å². The van der Waals surface area contributed by atoms with E-state index in [-0.39, 0.29) is 12.6 Å². The fourth-order valence-electron chi connectivity index (χ4n) is 0.794. The molecular formula is C12H22O3Si. The molecule has 0 unspecified atom stereocenters. The maximum absolute atomic E-state index is 11.3. The maximum atomic E-state index is 11.3. The molecule has 0 amide bonds. The summed E-state index contributed by atoms with van der Waals surface area (Å²) < 4.78 is 10.3. The molecule has 92 valence electrons. The smallest absolute Gasteiger partial charge is 0.332 e. The number of terminal acetylenes is 1. The van der Waals surface area contributed by atoms with E-state index < -0.39 is 13.7 Å². The summed E-state index contributed by atoms with van der Waals surface area (Å²) >= 11 is 0. The van der Waals surface area contributed by atoms with Gasteiger partial charge < -0.3 is 9.47 Å². The molecule has 0 bridgehead atoms. The molecular weight excluding hydrogens is 220 g/mol. The molecule has 0 saturated heterocycles. The van der Waals surface area contributed by atoms with E-state index in [1.807, 2.05) is 0 Å². The normalized spacial score (nSPS) is 12.0. The molecule has 0 fully saturated rings. The van der Waals surface area contributed by atoms with E-state index in [0.29, 0.717) is 6.61 Å². The van der Waals surface area contributed by atoms with Crippen molar-refractivity contribution >= 4 is 14.0 Å². The second-order valence-electron chi connectivity index (χ2n) is 5.47. The van der Waals surface area contributed by atoms with E-state index in [1.54, 1.807) is 13.8 Å². The van der Waals surface area contributed by atoms with Gasteiger partial charge in [-0.3, -0.25) is 0 Å². The molecule has 0 aliphatic heterocycles. The fraction of sp³-hybridized carbons (Fsp3) is 0.750. The van der Waals surface area contributed by atoms with Crippen molar-refractivity contribution in [3.05, 3.63) is 0 Å². The molecule has 0 N–H and O–H groups in total. The van der Waals surface area contributed by atoms with Gasteiger partial charge in [0.2, 0.25) is 0 Å². The van der Waals surface area contributed by atoms with Gasteiger partial charge in [-0.05, 0) is 19.9 Å². The molecule has 0 aliphatic rings. The molecule has 0 heterocycles. The number of ether oxygens (including phenoxy) is 2. The van der Waals surface area contributed by atoms with Crippen molar-refractivity contribution in [2.24, 2.45) is 0 Å². The summed E-state index contributed by atoms with van der Waals surface area (Å²) in [7, 11) is -1.14. The van der Waals surface area contributed by atoms with Gasteiger partial charge in [0.1, 0.15) is 12.2 Å². The summed E-state index contributed by atoms with van der Waals surface area (Å²) in [4.78, 5) is 11.3. The van der Waals surface area contributed by atoms with Crippen molar-refractivity contribution in [2.45, 2.75) is 45.1 Å². The minimum Gasteiger partial charge on any atom is -0.464 e. The van der Waals surface area contributed by atoms with E-state index in [1.165, 1.54) is 0 Å². The third kappa shape index (κ3) is 8.51. The monoisotopic (exact) mass is 242 g/mol. The predicted octanol–water partition coefficient (Wildman–Crippen LogP) is 2.30. The van der Waals surface area contributed by atoms with Gasteiger partial charge in [-0.2, -0.15) is 0 Å². The molecule has 0 aliphatic carbocycles. The molecule has 0 saturated carbocycles. The summed E-state index contributed by atoms with van der Waals surface area (Å²) in [6.45, 7) is 10.6. The number of rotatable bonds is 6. The molecule has 0 spiro atoms. The zero-order valence-electron chi connectivity index (χ0n) is 10.9. The van der Waals surface area contributed by atoms with Gasteiger partial charge in [-0.1, -0.05) is 25.6 Å². The van der Waals surface area contributed by atoms with Crippen LogP contribution in [0.15, 0.2) is 0 Å². The highest BCUT2D eigenvalue weighted by molar-refractivity contribution is 6.76. The van der Waals surface area contributed by atoms with Crippen LogP contribution in [0.3, 0.4) is 0 Å². The minimum atomic E-state index is -1.14. The van der Waals surface area contributed by atoms with Gasteiger partial charge in [0, 0.05) is 8.07 Å². The number of carbonyl (C=O) groups excluding carboxylic acids is 1. The zero-order chi connectivity index (χ0) is 12.8. The molecule has 16 heavy (non-hydrogen) atoms. The largest absolute Gasteiger partial charge is 0.464 e. The van der Waals surface area contributed by atoms with Gasteiger partial charge in [0.05, 0.1) is 6.61 Å². The summed E-state index contributed by atoms with van der Waals surface area (Å²) in [5, 5.41) is 0. The molecule has 0 aromatic rings. The Morgan fingerprint density at radius 3 is 2.38 bits per heavy atom. The highest BCUT2D eigenvalue weighted by Gasteiger charge is 2.18. The Morgan fingerprint density at radius 2 is 1.94 bits per heavy atom. The molecule has 3 nitrogen and oxygen atoms in total. The van der Waals surface area contributed by atoms with E-state index in [0.717, 1.165) is 6.04 Å². The molecule has 0 aromatic carbocycles. The van der Waals surface area contributed by atoms with Crippen molar-refractivity contribution in [2.75, 3.05) is 13.2 Å². The molecule has 4 heteroatoms. The first-order valence-electron chi connectivity index (χ1n) is 5.44. The van der Waals surface area contributed by atoms with Crippen LogP contribution in [0.1, 0.15) is 13.8 Å². The average molecular weight is 242 g/mol. The van der Waals surface area contributed by atoms with Gasteiger partial charge in [0.25, 0.3) is 0 Å². The Balaban J connectivity index is 3.74. The fourth-order valence-corrected chi connectivity index (χ4v) is 1.51. The van der Waals surface area contributed by atoms with Crippen LogP contribution in [0.25, 0.3) is 0 Å². The van der Waals surface area contributed by atoms with E-state index in [9.17, 15) is 4.79 Å². The lowest BCUT2D eigenvalue weighted by atomic mass is 10.1. The number of carbonyl (C=O) groups is 1. The Bertz CT molecular complexity index is 271. The topological polar surface area (TPSA) is 35.5 Å². The van der Waals surface area contributed by atoms with Crippen LogP contribution in [0.5, 0.6) is 0 Å². The van der Waals surface area contributed by atoms with Gasteiger partial charge in [0.15, 0.2) is 0 Å². The lowest BCUT2D eigenvalue weighted by Gasteiger charge is -2.18. The quantitative estimate of drug-likeness (QED) is 0.407. The first-order valence-corrected chi connectivity index (χ1v) is 9.14. The van der Waals surface area contributed by atoms with Gasteiger partial charge >= 0.3 is 5.97 Å². The van der Waals surface area contributed by atoms with Crippen LogP contribution in [0.4, 0.5) is 0 Å².